The van der Waals surface area contributed by atoms with Gasteiger partial charge in [-0.2, -0.15) is 0 Å². The van der Waals surface area contributed by atoms with Crippen LogP contribution in [0.2, 0.25) is 0 Å². The molecule has 0 saturated heterocycles. The van der Waals surface area contributed by atoms with E-state index in [2.05, 4.69) is 26.0 Å². The van der Waals surface area contributed by atoms with Crippen LogP contribution in [-0.4, -0.2) is 65.7 Å². The Labute approximate surface area is 406 Å². The third-order valence-electron chi connectivity index (χ3n) is 12.7. The predicted octanol–water partition coefficient (Wildman–Crippen LogP) is 16.3. The number of aliphatic hydroxyl groups excluding tert-OH is 2. The average molecular weight is 959 g/mol. The van der Waals surface area contributed by atoms with Gasteiger partial charge in [0.15, 0.2) is 6.10 Å². The van der Waals surface area contributed by atoms with Gasteiger partial charge in [0.1, 0.15) is 12.7 Å². The number of allylic oxidation sites excluding steroid dienone is 2. The van der Waals surface area contributed by atoms with Crippen molar-refractivity contribution in [1.29, 1.82) is 0 Å². The van der Waals surface area contributed by atoms with Crippen molar-refractivity contribution in [2.24, 2.45) is 0 Å². The van der Waals surface area contributed by atoms with E-state index in [1.165, 1.54) is 212 Å². The normalized spacial score (nSPS) is 13.6. The number of hydrogen-bond acceptors (Lipinski definition) is 9. The lowest BCUT2D eigenvalue weighted by Crippen LogP contribution is -2.29. The summed E-state index contributed by atoms with van der Waals surface area (Å²) in [6, 6.07) is 0. The molecule has 3 N–H and O–H groups in total. The third-order valence-corrected chi connectivity index (χ3v) is 13.6. The Morgan fingerprint density at radius 3 is 1.09 bits per heavy atom. The second-order valence-corrected chi connectivity index (χ2v) is 20.8. The van der Waals surface area contributed by atoms with Crippen molar-refractivity contribution in [1.82, 2.24) is 0 Å². The van der Waals surface area contributed by atoms with Gasteiger partial charge in [0, 0.05) is 12.8 Å². The first kappa shape index (κ1) is 64.7. The molecule has 0 fully saturated rings. The molecule has 0 aromatic carbocycles. The fraction of sp³-hybridized carbons (Fsp3) is 0.927. The van der Waals surface area contributed by atoms with Gasteiger partial charge in [-0.15, -0.1) is 0 Å². The summed E-state index contributed by atoms with van der Waals surface area (Å²) in [6.07, 6.45) is 54.7. The molecule has 0 saturated carbocycles. The van der Waals surface area contributed by atoms with Crippen molar-refractivity contribution in [2.45, 2.75) is 302 Å². The molecule has 0 amide bonds. The average Bonchev–Trinajstić information content (AvgIpc) is 3.31. The van der Waals surface area contributed by atoms with Crippen LogP contribution in [0.25, 0.3) is 0 Å². The summed E-state index contributed by atoms with van der Waals surface area (Å²) >= 11 is 0. The van der Waals surface area contributed by atoms with E-state index in [9.17, 15) is 24.2 Å². The molecule has 0 rings (SSSR count). The zero-order valence-electron chi connectivity index (χ0n) is 43.2. The van der Waals surface area contributed by atoms with Crippen LogP contribution in [0.3, 0.4) is 0 Å². The number of aliphatic hydroxyl groups is 2. The maximum absolute atomic E-state index is 12.7. The van der Waals surface area contributed by atoms with E-state index in [-0.39, 0.29) is 19.4 Å². The van der Waals surface area contributed by atoms with E-state index in [0.29, 0.717) is 12.8 Å². The topological polar surface area (TPSA) is 149 Å². The smallest absolute Gasteiger partial charge is 0.462 e. The molecule has 0 aliphatic heterocycles. The maximum Gasteiger partial charge on any atom is 0.472 e. The van der Waals surface area contributed by atoms with Crippen LogP contribution >= 0.6 is 7.82 Å². The van der Waals surface area contributed by atoms with Gasteiger partial charge in [-0.25, -0.2) is 4.57 Å². The second kappa shape index (κ2) is 51.6. The summed E-state index contributed by atoms with van der Waals surface area (Å²) < 4.78 is 33.0. The SMILES string of the molecule is CCCCCCCC/C=C/CCCCCCCCCCCCCC(=O)OC[C@H](COP(=O)(O)OC[C@@H](O)CO)OC(=O)CCCCCCCCCCCCCCCCCCCCCCCC. The summed E-state index contributed by atoms with van der Waals surface area (Å²) in [5.74, 6) is -0.905. The Kier molecular flexibility index (Phi) is 50.5. The molecule has 0 heterocycles. The van der Waals surface area contributed by atoms with Gasteiger partial charge in [0.25, 0.3) is 0 Å². The van der Waals surface area contributed by atoms with E-state index in [1.807, 2.05) is 0 Å². The number of unbranched alkanes of at least 4 members (excludes halogenated alkanes) is 38. The van der Waals surface area contributed by atoms with Crippen molar-refractivity contribution in [3.63, 3.8) is 0 Å². The molecule has 0 spiro atoms. The van der Waals surface area contributed by atoms with Crippen molar-refractivity contribution in [3.8, 4) is 0 Å². The van der Waals surface area contributed by atoms with Crippen LogP contribution in [0.15, 0.2) is 12.2 Å². The molecule has 10 nitrogen and oxygen atoms in total. The molecular formula is C55H107O10P. The lowest BCUT2D eigenvalue weighted by molar-refractivity contribution is -0.161. The quantitative estimate of drug-likeness (QED) is 0.0233. The third kappa shape index (κ3) is 50.6. The van der Waals surface area contributed by atoms with E-state index >= 15 is 0 Å². The van der Waals surface area contributed by atoms with Gasteiger partial charge in [-0.05, 0) is 38.5 Å². The van der Waals surface area contributed by atoms with Crippen molar-refractivity contribution >= 4 is 19.8 Å². The van der Waals surface area contributed by atoms with Crippen LogP contribution < -0.4 is 0 Å². The van der Waals surface area contributed by atoms with Crippen LogP contribution in [0.1, 0.15) is 290 Å². The fourth-order valence-electron chi connectivity index (χ4n) is 8.35. The summed E-state index contributed by atoms with van der Waals surface area (Å²) in [6.45, 7) is 2.45. The highest BCUT2D eigenvalue weighted by Gasteiger charge is 2.27. The van der Waals surface area contributed by atoms with Crippen LogP contribution in [0, 0.1) is 0 Å². The lowest BCUT2D eigenvalue weighted by Gasteiger charge is -2.20. The molecule has 0 aromatic heterocycles. The van der Waals surface area contributed by atoms with E-state index < -0.39 is 51.8 Å². The Bertz CT molecular complexity index is 1100. The molecule has 0 bridgehead atoms. The molecular weight excluding hydrogens is 852 g/mol. The molecule has 392 valence electrons. The molecule has 1 unspecified atom stereocenters. The zero-order chi connectivity index (χ0) is 48.3. The Balaban J connectivity index is 4.08. The predicted molar refractivity (Wildman–Crippen MR) is 275 cm³/mol. The lowest BCUT2D eigenvalue weighted by atomic mass is 10.0. The number of carbonyl (C=O) groups is 2. The largest absolute Gasteiger partial charge is 0.472 e. The summed E-state index contributed by atoms with van der Waals surface area (Å²) in [4.78, 5) is 35.3. The highest BCUT2D eigenvalue weighted by Crippen LogP contribution is 2.43. The summed E-state index contributed by atoms with van der Waals surface area (Å²) in [5, 5.41) is 18.4. The van der Waals surface area contributed by atoms with E-state index in [1.54, 1.807) is 0 Å². The minimum absolute atomic E-state index is 0.191. The van der Waals surface area contributed by atoms with Gasteiger partial charge in [-0.1, -0.05) is 251 Å². The number of phosphoric acid groups is 1. The van der Waals surface area contributed by atoms with E-state index in [4.69, 9.17) is 23.6 Å². The maximum atomic E-state index is 12.7. The van der Waals surface area contributed by atoms with Crippen LogP contribution in [0.4, 0.5) is 0 Å². The number of esters is 2. The van der Waals surface area contributed by atoms with Crippen LogP contribution in [-0.2, 0) is 32.7 Å². The molecule has 0 aliphatic rings. The molecule has 11 heteroatoms. The Hall–Kier alpha value is -1.29. The van der Waals surface area contributed by atoms with Gasteiger partial charge >= 0.3 is 19.8 Å². The Morgan fingerprint density at radius 1 is 0.439 bits per heavy atom. The standard InChI is InChI=1S/C55H107O10P/c1-3-5-7-9-11-13-15-17-19-21-23-25-27-29-31-33-35-37-39-41-43-45-47-55(59)65-53(51-64-66(60,61)63-49-52(57)48-56)50-62-54(58)46-44-42-40-38-36-34-32-30-28-26-24-22-20-18-16-14-12-10-8-6-4-2/h18,20,52-53,56-57H,3-17,19,21-51H2,1-2H3,(H,60,61)/b20-18+/t52-,53+/m0/s1. The number of hydrogen-bond donors (Lipinski definition) is 3. The first-order valence-corrected chi connectivity index (χ1v) is 29.6. The first-order chi connectivity index (χ1) is 32.2. The van der Waals surface area contributed by atoms with Crippen molar-refractivity contribution < 1.29 is 47.8 Å². The van der Waals surface area contributed by atoms with Gasteiger partial charge in [0.2, 0.25) is 0 Å². The summed E-state index contributed by atoms with van der Waals surface area (Å²) in [5.41, 5.74) is 0. The van der Waals surface area contributed by atoms with Gasteiger partial charge < -0.3 is 24.6 Å². The number of ether oxygens (including phenoxy) is 2. The van der Waals surface area contributed by atoms with Crippen LogP contribution in [0.5, 0.6) is 0 Å². The zero-order valence-corrected chi connectivity index (χ0v) is 44.1. The summed E-state index contributed by atoms with van der Waals surface area (Å²) in [7, 11) is -4.62. The molecule has 0 aromatic rings. The van der Waals surface area contributed by atoms with Crippen molar-refractivity contribution in [2.75, 3.05) is 26.4 Å². The van der Waals surface area contributed by atoms with Crippen molar-refractivity contribution in [3.05, 3.63) is 12.2 Å². The number of phosphoric ester groups is 1. The van der Waals surface area contributed by atoms with Gasteiger partial charge in [-0.3, -0.25) is 18.6 Å². The van der Waals surface area contributed by atoms with E-state index in [0.717, 1.165) is 38.5 Å². The Morgan fingerprint density at radius 2 is 0.742 bits per heavy atom. The minimum atomic E-state index is -4.62. The highest BCUT2D eigenvalue weighted by atomic mass is 31.2. The second-order valence-electron chi connectivity index (χ2n) is 19.3. The first-order valence-electron chi connectivity index (χ1n) is 28.1. The molecule has 66 heavy (non-hydrogen) atoms. The minimum Gasteiger partial charge on any atom is -0.462 e. The monoisotopic (exact) mass is 959 g/mol. The number of carbonyl (C=O) groups excluding carboxylic acids is 2. The molecule has 0 aliphatic carbocycles. The number of rotatable bonds is 54. The fourth-order valence-corrected chi connectivity index (χ4v) is 9.14. The van der Waals surface area contributed by atoms with Gasteiger partial charge in [0.05, 0.1) is 19.8 Å². The molecule has 3 atom stereocenters. The molecule has 0 radical (unpaired) electrons. The highest BCUT2D eigenvalue weighted by molar-refractivity contribution is 7.47.